The van der Waals surface area contributed by atoms with Gasteiger partial charge in [0.25, 0.3) is 0 Å². The molecule has 0 N–H and O–H groups in total. The van der Waals surface area contributed by atoms with Gasteiger partial charge in [-0.3, -0.25) is 0 Å². The largest absolute Gasteiger partial charge is 0.488 e. The molecule has 1 aliphatic heterocycles. The van der Waals surface area contributed by atoms with Crippen LogP contribution in [0.2, 0.25) is 10.0 Å². The minimum Gasteiger partial charge on any atom is -0.488 e. The van der Waals surface area contributed by atoms with Gasteiger partial charge in [-0.05, 0) is 42.0 Å². The highest BCUT2D eigenvalue weighted by molar-refractivity contribution is 6.35. The van der Waals surface area contributed by atoms with Crippen LogP contribution in [-0.4, -0.2) is 26.0 Å². The molecule has 0 aliphatic carbocycles. The maximum Gasteiger partial charge on any atom is 0.330 e. The van der Waals surface area contributed by atoms with E-state index in [9.17, 15) is 4.79 Å². The Balaban J connectivity index is 1.43. The summed E-state index contributed by atoms with van der Waals surface area (Å²) in [4.78, 5) is 11.7. The van der Waals surface area contributed by atoms with Gasteiger partial charge in [0, 0.05) is 11.1 Å². The monoisotopic (exact) mass is 380 g/mol. The van der Waals surface area contributed by atoms with Gasteiger partial charge in [0.15, 0.2) is 11.5 Å². The molecule has 0 aromatic heterocycles. The van der Waals surface area contributed by atoms with Crippen LogP contribution in [0.25, 0.3) is 6.08 Å². The molecule has 5 nitrogen and oxygen atoms in total. The van der Waals surface area contributed by atoms with Crippen molar-refractivity contribution in [2.45, 2.75) is 0 Å². The van der Waals surface area contributed by atoms with Crippen LogP contribution in [0.4, 0.5) is 0 Å². The van der Waals surface area contributed by atoms with Gasteiger partial charge in [-0.15, -0.1) is 0 Å². The highest BCUT2D eigenvalue weighted by Crippen LogP contribution is 2.32. The summed E-state index contributed by atoms with van der Waals surface area (Å²) in [6, 6.07) is 10.3. The molecular formula is C18H14Cl2O5. The van der Waals surface area contributed by atoms with Crippen molar-refractivity contribution in [3.05, 3.63) is 58.1 Å². The highest BCUT2D eigenvalue weighted by Gasteiger charge is 2.12. The fraction of sp³-hybridized carbons (Fsp3) is 0.167. The summed E-state index contributed by atoms with van der Waals surface area (Å²) in [6.07, 6.45) is 2.98. The molecule has 0 amide bonds. The summed E-state index contributed by atoms with van der Waals surface area (Å²) in [5.41, 5.74) is 0.811. The van der Waals surface area contributed by atoms with Crippen molar-refractivity contribution < 1.29 is 23.7 Å². The summed E-state index contributed by atoms with van der Waals surface area (Å²) < 4.78 is 21.0. The molecule has 1 aliphatic rings. The molecule has 0 fully saturated rings. The molecule has 3 rings (SSSR count). The molecule has 2 aromatic rings. The molecule has 25 heavy (non-hydrogen) atoms. The standard InChI is InChI=1S/C18H14Cl2O5/c19-13-3-5-15(14(20)10-13)22-7-8-23-18(21)6-2-12-1-4-16-17(9-12)25-11-24-16/h1-6,9-10H,7-8,11H2. The Kier molecular flexibility index (Phi) is 5.68. The van der Waals surface area contributed by atoms with Gasteiger partial charge >= 0.3 is 5.97 Å². The molecular weight excluding hydrogens is 367 g/mol. The number of carbonyl (C=O) groups excluding carboxylic acids is 1. The number of esters is 1. The van der Waals surface area contributed by atoms with Crippen LogP contribution in [0, 0.1) is 0 Å². The first-order valence-corrected chi connectivity index (χ1v) is 8.20. The van der Waals surface area contributed by atoms with Gasteiger partial charge < -0.3 is 18.9 Å². The number of benzene rings is 2. The van der Waals surface area contributed by atoms with Crippen molar-refractivity contribution in [1.82, 2.24) is 0 Å². The lowest BCUT2D eigenvalue weighted by Gasteiger charge is -2.08. The number of hydrogen-bond acceptors (Lipinski definition) is 5. The smallest absolute Gasteiger partial charge is 0.330 e. The second-order valence-electron chi connectivity index (χ2n) is 5.04. The van der Waals surface area contributed by atoms with Crippen molar-refractivity contribution in [2.24, 2.45) is 0 Å². The van der Waals surface area contributed by atoms with Gasteiger partial charge in [-0.25, -0.2) is 4.79 Å². The molecule has 0 saturated carbocycles. The number of halogens is 2. The Labute approximate surface area is 154 Å². The lowest BCUT2D eigenvalue weighted by atomic mass is 10.2. The fourth-order valence-electron chi connectivity index (χ4n) is 2.12. The highest BCUT2D eigenvalue weighted by atomic mass is 35.5. The molecule has 7 heteroatoms. The first kappa shape index (κ1) is 17.5. The fourth-order valence-corrected chi connectivity index (χ4v) is 2.58. The van der Waals surface area contributed by atoms with Crippen molar-refractivity contribution in [2.75, 3.05) is 20.0 Å². The SMILES string of the molecule is O=C(C=Cc1ccc2c(c1)OCO2)OCCOc1ccc(Cl)cc1Cl. The predicted molar refractivity (Wildman–Crippen MR) is 94.5 cm³/mol. The van der Waals surface area contributed by atoms with Crippen LogP contribution < -0.4 is 14.2 Å². The van der Waals surface area contributed by atoms with E-state index in [1.165, 1.54) is 6.08 Å². The third kappa shape index (κ3) is 4.81. The number of rotatable bonds is 6. The van der Waals surface area contributed by atoms with E-state index in [1.54, 1.807) is 36.4 Å². The van der Waals surface area contributed by atoms with E-state index in [2.05, 4.69) is 0 Å². The first-order valence-electron chi connectivity index (χ1n) is 7.44. The van der Waals surface area contributed by atoms with E-state index >= 15 is 0 Å². The molecule has 1 heterocycles. The molecule has 0 atom stereocenters. The van der Waals surface area contributed by atoms with Crippen LogP contribution >= 0.6 is 23.2 Å². The summed E-state index contributed by atoms with van der Waals surface area (Å²) in [7, 11) is 0. The first-order chi connectivity index (χ1) is 12.1. The van der Waals surface area contributed by atoms with E-state index in [0.717, 1.165) is 5.56 Å². The van der Waals surface area contributed by atoms with E-state index in [1.807, 2.05) is 6.07 Å². The molecule has 0 spiro atoms. The molecule has 130 valence electrons. The van der Waals surface area contributed by atoms with E-state index in [0.29, 0.717) is 27.3 Å². The zero-order chi connectivity index (χ0) is 17.6. The summed E-state index contributed by atoms with van der Waals surface area (Å²) in [5.74, 6) is 1.36. The van der Waals surface area contributed by atoms with E-state index < -0.39 is 5.97 Å². The maximum atomic E-state index is 11.7. The average molecular weight is 381 g/mol. The van der Waals surface area contributed by atoms with Crippen LogP contribution in [0.15, 0.2) is 42.5 Å². The van der Waals surface area contributed by atoms with Crippen LogP contribution in [0.5, 0.6) is 17.2 Å². The minimum absolute atomic E-state index is 0.100. The maximum absolute atomic E-state index is 11.7. The molecule has 0 bridgehead atoms. The van der Waals surface area contributed by atoms with Gasteiger partial charge in [-0.2, -0.15) is 0 Å². The third-order valence-corrected chi connectivity index (χ3v) is 3.82. The van der Waals surface area contributed by atoms with Crippen LogP contribution in [-0.2, 0) is 9.53 Å². The van der Waals surface area contributed by atoms with Gasteiger partial charge in [-0.1, -0.05) is 29.3 Å². The Morgan fingerprint density at radius 1 is 1.08 bits per heavy atom. The Hall–Kier alpha value is -2.37. The molecule has 0 saturated heterocycles. The summed E-state index contributed by atoms with van der Waals surface area (Å²) in [5, 5.41) is 0.930. The zero-order valence-electron chi connectivity index (χ0n) is 13.0. The van der Waals surface area contributed by atoms with Crippen molar-refractivity contribution >= 4 is 35.2 Å². The zero-order valence-corrected chi connectivity index (χ0v) is 14.5. The Morgan fingerprint density at radius 2 is 1.92 bits per heavy atom. The Bertz CT molecular complexity index is 804. The van der Waals surface area contributed by atoms with Gasteiger partial charge in [0.05, 0.1) is 5.02 Å². The van der Waals surface area contributed by atoms with Crippen molar-refractivity contribution in [3.8, 4) is 17.2 Å². The summed E-state index contributed by atoms with van der Waals surface area (Å²) >= 11 is 11.8. The van der Waals surface area contributed by atoms with Gasteiger partial charge in [0.1, 0.15) is 19.0 Å². The second-order valence-corrected chi connectivity index (χ2v) is 5.88. The molecule has 0 unspecified atom stereocenters. The van der Waals surface area contributed by atoms with Crippen LogP contribution in [0.1, 0.15) is 5.56 Å². The quantitative estimate of drug-likeness (QED) is 0.423. The number of fused-ring (bicyclic) bond motifs is 1. The Morgan fingerprint density at radius 3 is 2.76 bits per heavy atom. The molecule has 0 radical (unpaired) electrons. The van der Waals surface area contributed by atoms with Crippen LogP contribution in [0.3, 0.4) is 0 Å². The topological polar surface area (TPSA) is 54.0 Å². The normalized spacial score (nSPS) is 12.4. The number of ether oxygens (including phenoxy) is 4. The lowest BCUT2D eigenvalue weighted by Crippen LogP contribution is -2.10. The average Bonchev–Trinajstić information content (AvgIpc) is 3.06. The summed E-state index contributed by atoms with van der Waals surface area (Å²) in [6.45, 7) is 0.496. The lowest BCUT2D eigenvalue weighted by molar-refractivity contribution is -0.138. The minimum atomic E-state index is -0.469. The second kappa shape index (κ2) is 8.14. The van der Waals surface area contributed by atoms with Gasteiger partial charge in [0.2, 0.25) is 6.79 Å². The van der Waals surface area contributed by atoms with E-state index in [4.69, 9.17) is 42.1 Å². The third-order valence-electron chi connectivity index (χ3n) is 3.29. The number of carbonyl (C=O) groups is 1. The van der Waals surface area contributed by atoms with Crippen molar-refractivity contribution in [3.63, 3.8) is 0 Å². The predicted octanol–water partition coefficient (Wildman–Crippen LogP) is 4.36. The van der Waals surface area contributed by atoms with Crippen molar-refractivity contribution in [1.29, 1.82) is 0 Å². The molecule has 2 aromatic carbocycles. The van der Waals surface area contributed by atoms with E-state index in [-0.39, 0.29) is 20.0 Å². The number of hydrogen-bond donors (Lipinski definition) is 0.